The lowest BCUT2D eigenvalue weighted by Gasteiger charge is -2.19. The van der Waals surface area contributed by atoms with Gasteiger partial charge in [0.25, 0.3) is 5.91 Å². The van der Waals surface area contributed by atoms with E-state index in [1.54, 1.807) is 12.1 Å². The van der Waals surface area contributed by atoms with Gasteiger partial charge in [-0.25, -0.2) is 9.97 Å². The van der Waals surface area contributed by atoms with Gasteiger partial charge >= 0.3 is 0 Å². The van der Waals surface area contributed by atoms with E-state index in [0.29, 0.717) is 22.4 Å². The van der Waals surface area contributed by atoms with Crippen molar-refractivity contribution >= 4 is 45.9 Å². The summed E-state index contributed by atoms with van der Waals surface area (Å²) in [6, 6.07) is 17.1. The third kappa shape index (κ3) is 5.21. The Morgan fingerprint density at radius 1 is 1.03 bits per heavy atom. The van der Waals surface area contributed by atoms with Crippen molar-refractivity contribution in [3.8, 4) is 0 Å². The first kappa shape index (κ1) is 22.5. The maximum Gasteiger partial charge on any atom is 0.257 e. The van der Waals surface area contributed by atoms with Crippen molar-refractivity contribution in [3.05, 3.63) is 82.6 Å². The van der Waals surface area contributed by atoms with Crippen molar-refractivity contribution in [2.75, 3.05) is 29.6 Å². The molecule has 0 aliphatic heterocycles. The highest BCUT2D eigenvalue weighted by Gasteiger charge is 2.13. The predicted molar refractivity (Wildman–Crippen MR) is 134 cm³/mol. The Kier molecular flexibility index (Phi) is 6.42. The lowest BCUT2D eigenvalue weighted by Crippen LogP contribution is -2.16. The number of anilines is 3. The second-order valence-electron chi connectivity index (χ2n) is 8.10. The lowest BCUT2D eigenvalue weighted by molar-refractivity contribution is 0.102. The number of aromatic nitrogens is 3. The third-order valence-corrected chi connectivity index (χ3v) is 5.48. The third-order valence-electron chi connectivity index (χ3n) is 5.25. The van der Waals surface area contributed by atoms with Crippen molar-refractivity contribution in [2.45, 2.75) is 19.9 Å². The van der Waals surface area contributed by atoms with E-state index in [2.05, 4.69) is 46.6 Å². The molecule has 2 aromatic heterocycles. The summed E-state index contributed by atoms with van der Waals surface area (Å²) < 4.78 is 0. The van der Waals surface area contributed by atoms with Crippen LogP contribution in [0.25, 0.3) is 10.9 Å². The minimum Gasteiger partial charge on any atom is -0.363 e. The van der Waals surface area contributed by atoms with Gasteiger partial charge in [-0.15, -0.1) is 0 Å². The van der Waals surface area contributed by atoms with Gasteiger partial charge in [0.1, 0.15) is 11.0 Å². The zero-order valence-electron chi connectivity index (χ0n) is 18.9. The Bertz CT molecular complexity index is 1290. The number of benzene rings is 2. The molecule has 1 amide bonds. The Morgan fingerprint density at radius 3 is 2.45 bits per heavy atom. The van der Waals surface area contributed by atoms with E-state index in [1.165, 1.54) is 6.20 Å². The van der Waals surface area contributed by atoms with Crippen LogP contribution in [0.4, 0.5) is 17.5 Å². The summed E-state index contributed by atoms with van der Waals surface area (Å²) in [7, 11) is 3.86. The summed E-state index contributed by atoms with van der Waals surface area (Å²) in [5.41, 5.74) is 4.26. The highest BCUT2D eigenvalue weighted by atomic mass is 35.5. The number of nitrogens with zero attached hydrogens (tertiary/aromatic N) is 4. The number of hydrogen-bond donors (Lipinski definition) is 2. The highest BCUT2D eigenvalue weighted by Crippen LogP contribution is 2.28. The molecule has 0 spiro atoms. The highest BCUT2D eigenvalue weighted by molar-refractivity contribution is 6.29. The summed E-state index contributed by atoms with van der Waals surface area (Å²) in [6.45, 7) is 4.13. The number of hydrogen-bond acceptors (Lipinski definition) is 6. The Morgan fingerprint density at radius 2 is 1.79 bits per heavy atom. The molecule has 33 heavy (non-hydrogen) atoms. The van der Waals surface area contributed by atoms with Crippen LogP contribution in [-0.2, 0) is 0 Å². The molecule has 2 aromatic carbocycles. The van der Waals surface area contributed by atoms with Gasteiger partial charge in [0.15, 0.2) is 0 Å². The zero-order chi connectivity index (χ0) is 23.5. The Labute approximate surface area is 197 Å². The van der Waals surface area contributed by atoms with Crippen molar-refractivity contribution in [2.24, 2.45) is 0 Å². The fourth-order valence-corrected chi connectivity index (χ4v) is 3.51. The molecule has 0 bridgehead atoms. The molecule has 0 radical (unpaired) electrons. The molecular formula is C25H25ClN6O. The van der Waals surface area contributed by atoms with E-state index in [-0.39, 0.29) is 11.9 Å². The van der Waals surface area contributed by atoms with Crippen LogP contribution in [-0.4, -0.2) is 35.0 Å². The summed E-state index contributed by atoms with van der Waals surface area (Å²) in [6.07, 6.45) is 1.45. The van der Waals surface area contributed by atoms with Crippen LogP contribution in [0.3, 0.4) is 0 Å². The van der Waals surface area contributed by atoms with Gasteiger partial charge in [-0.05, 0) is 61.4 Å². The molecule has 1 atom stereocenters. The molecule has 168 valence electrons. The average molecular weight is 461 g/mol. The quantitative estimate of drug-likeness (QED) is 0.371. The Balaban J connectivity index is 1.52. The minimum atomic E-state index is -0.239. The molecule has 7 nitrogen and oxygen atoms in total. The SMILES string of the molecule is Cc1ccc2c(N[C@@H](C)c3ccc(NC(=O)c4ccc(Cl)nc4)cc3)nc(N(C)C)nc2c1. The van der Waals surface area contributed by atoms with Crippen molar-refractivity contribution < 1.29 is 4.79 Å². The smallest absolute Gasteiger partial charge is 0.257 e. The van der Waals surface area contributed by atoms with E-state index in [1.807, 2.05) is 49.3 Å². The van der Waals surface area contributed by atoms with Crippen LogP contribution in [0, 0.1) is 6.92 Å². The number of nitrogens with one attached hydrogen (secondary N) is 2. The van der Waals surface area contributed by atoms with Crippen molar-refractivity contribution in [3.63, 3.8) is 0 Å². The van der Waals surface area contributed by atoms with Crippen LogP contribution < -0.4 is 15.5 Å². The number of carbonyl (C=O) groups excluding carboxylic acids is 1. The number of fused-ring (bicyclic) bond motifs is 1. The van der Waals surface area contributed by atoms with Crippen LogP contribution >= 0.6 is 11.6 Å². The zero-order valence-corrected chi connectivity index (χ0v) is 19.7. The first-order valence-corrected chi connectivity index (χ1v) is 10.9. The van der Waals surface area contributed by atoms with Crippen LogP contribution in [0.15, 0.2) is 60.8 Å². The first-order chi connectivity index (χ1) is 15.8. The fraction of sp³-hybridized carbons (Fsp3) is 0.200. The molecule has 0 unspecified atom stereocenters. The molecule has 2 heterocycles. The van der Waals surface area contributed by atoms with Gasteiger partial charge in [0.05, 0.1) is 11.1 Å². The Hall–Kier alpha value is -3.71. The summed E-state index contributed by atoms with van der Waals surface area (Å²) in [5, 5.41) is 7.72. The van der Waals surface area contributed by atoms with Gasteiger partial charge in [-0.1, -0.05) is 29.8 Å². The molecule has 0 fully saturated rings. The van der Waals surface area contributed by atoms with E-state index in [0.717, 1.165) is 27.8 Å². The molecule has 4 aromatic rings. The number of halogens is 1. The number of rotatable bonds is 6. The van der Waals surface area contributed by atoms with Crippen LogP contribution in [0.2, 0.25) is 5.15 Å². The van der Waals surface area contributed by atoms with E-state index >= 15 is 0 Å². The molecule has 2 N–H and O–H groups in total. The molecule has 0 aliphatic rings. The number of carbonyl (C=O) groups is 1. The van der Waals surface area contributed by atoms with Crippen LogP contribution in [0.5, 0.6) is 0 Å². The fourth-order valence-electron chi connectivity index (χ4n) is 3.39. The standard InChI is InChI=1S/C25H25ClN6O/c1-15-5-11-20-21(13-15)30-25(32(3)4)31-23(20)28-16(2)17-6-9-19(10-7-17)29-24(33)18-8-12-22(26)27-14-18/h5-14,16H,1-4H3,(H,29,33)(H,28,30,31)/t16-/m0/s1. The van der Waals surface area contributed by atoms with Gasteiger partial charge in [0.2, 0.25) is 5.95 Å². The molecular weight excluding hydrogens is 436 g/mol. The molecule has 0 aliphatic carbocycles. The predicted octanol–water partition coefficient (Wildman–Crippen LogP) is 5.48. The number of amides is 1. The monoisotopic (exact) mass is 460 g/mol. The van der Waals surface area contributed by atoms with Gasteiger partial charge in [0, 0.05) is 37.4 Å². The summed E-state index contributed by atoms with van der Waals surface area (Å²) in [4.78, 5) is 27.6. The topological polar surface area (TPSA) is 83.0 Å². The normalized spacial score (nSPS) is 11.8. The average Bonchev–Trinajstić information content (AvgIpc) is 2.79. The molecule has 4 rings (SSSR count). The lowest BCUT2D eigenvalue weighted by atomic mass is 10.1. The van der Waals surface area contributed by atoms with E-state index < -0.39 is 0 Å². The second-order valence-corrected chi connectivity index (χ2v) is 8.49. The molecule has 0 saturated carbocycles. The van der Waals surface area contributed by atoms with Gasteiger partial charge in [-0.2, -0.15) is 4.98 Å². The summed E-state index contributed by atoms with van der Waals surface area (Å²) >= 11 is 5.79. The van der Waals surface area contributed by atoms with Crippen molar-refractivity contribution in [1.29, 1.82) is 0 Å². The van der Waals surface area contributed by atoms with Crippen LogP contribution in [0.1, 0.15) is 34.5 Å². The molecule has 0 saturated heterocycles. The van der Waals surface area contributed by atoms with E-state index in [9.17, 15) is 4.79 Å². The second kappa shape index (κ2) is 9.42. The van der Waals surface area contributed by atoms with Gasteiger partial charge < -0.3 is 15.5 Å². The molecule has 8 heteroatoms. The maximum absolute atomic E-state index is 12.4. The van der Waals surface area contributed by atoms with Crippen molar-refractivity contribution in [1.82, 2.24) is 15.0 Å². The van der Waals surface area contributed by atoms with E-state index in [4.69, 9.17) is 16.6 Å². The number of aryl methyl sites for hydroxylation is 1. The summed E-state index contributed by atoms with van der Waals surface area (Å²) in [5.74, 6) is 1.19. The minimum absolute atomic E-state index is 0.00960. The number of pyridine rings is 1. The van der Waals surface area contributed by atoms with Gasteiger partial charge in [-0.3, -0.25) is 4.79 Å². The largest absolute Gasteiger partial charge is 0.363 e. The first-order valence-electron chi connectivity index (χ1n) is 10.6. The maximum atomic E-state index is 12.4.